The number of aliphatic carboxylic acids is 1. The predicted octanol–water partition coefficient (Wildman–Crippen LogP) is 3.44. The number of nitrogens with zero attached hydrogens (tertiary/aromatic N) is 2. The summed E-state index contributed by atoms with van der Waals surface area (Å²) < 4.78 is 145. The lowest BCUT2D eigenvalue weighted by Crippen LogP contribution is -2.33. The Hall–Kier alpha value is -3.96. The smallest absolute Gasteiger partial charge is 0.303 e. The van der Waals surface area contributed by atoms with E-state index in [9.17, 15) is 61.8 Å². The molecule has 0 radical (unpaired) electrons. The van der Waals surface area contributed by atoms with E-state index in [0.29, 0.717) is 45.0 Å². The molecule has 0 saturated carbocycles. The maximum atomic E-state index is 12.1. The maximum Gasteiger partial charge on any atom is 0.303 e. The molecule has 2 heterocycles. The SMILES string of the molecule is CC(C)(C)c1cc(/C=C/C=C2\N(CCCS(=O)(=O)[O-])c3ccc(S(=O)(=O)[O-])cc3C2(C)CCCC(=O)O)c2ccc(=[N+](CCCS(=O)(=O)[O-])CCCS(=O)(=O)O)cc-2o1. The third-order valence-electron chi connectivity index (χ3n) is 9.91. The van der Waals surface area contributed by atoms with Crippen LogP contribution in [-0.4, -0.2) is 99.9 Å². The third kappa shape index (κ3) is 13.5. The number of hydrogen-bond acceptors (Lipinski definition) is 14. The van der Waals surface area contributed by atoms with Crippen LogP contribution in [0.1, 0.15) is 83.1 Å². The van der Waals surface area contributed by atoms with Gasteiger partial charge in [-0.1, -0.05) is 32.9 Å². The van der Waals surface area contributed by atoms with Gasteiger partial charge in [0.1, 0.15) is 34.7 Å². The van der Waals surface area contributed by atoms with Gasteiger partial charge in [-0.25, -0.2) is 29.8 Å². The van der Waals surface area contributed by atoms with Gasteiger partial charge in [-0.2, -0.15) is 8.42 Å². The van der Waals surface area contributed by atoms with E-state index in [1.165, 1.54) is 12.1 Å². The number of anilines is 1. The molecule has 1 aromatic rings. The topological polar surface area (TPSA) is 283 Å². The largest absolute Gasteiger partial charge is 0.748 e. The van der Waals surface area contributed by atoms with Crippen LogP contribution in [0, 0.1) is 0 Å². The van der Waals surface area contributed by atoms with Crippen molar-refractivity contribution in [2.45, 2.75) is 81.9 Å². The fraction of sp³-hybridized carbons (Fsp3) is 0.474. The molecule has 1 atom stereocenters. The Bertz CT molecular complexity index is 2570. The molecule has 1 aromatic carbocycles. The first-order valence-electron chi connectivity index (χ1n) is 18.5. The fourth-order valence-corrected chi connectivity index (χ4v) is 9.03. The monoisotopic (exact) mass is 900 g/mol. The van der Waals surface area contributed by atoms with Gasteiger partial charge >= 0.3 is 5.97 Å². The van der Waals surface area contributed by atoms with Crippen LogP contribution in [0.15, 0.2) is 69.6 Å². The maximum absolute atomic E-state index is 12.1. The van der Waals surface area contributed by atoms with Crippen molar-refractivity contribution in [2.24, 2.45) is 0 Å². The quantitative estimate of drug-likeness (QED) is 0.129. The van der Waals surface area contributed by atoms with Crippen LogP contribution in [0.4, 0.5) is 5.69 Å². The number of carboxylic acids is 1. The molecular weight excluding hydrogens is 853 g/mol. The number of hydrogen-bond donors (Lipinski definition) is 2. The zero-order valence-corrected chi connectivity index (χ0v) is 36.3. The average Bonchev–Trinajstić information content (AvgIpc) is 3.30. The molecule has 3 aliphatic rings. The molecule has 0 amide bonds. The zero-order chi connectivity index (χ0) is 44.2. The van der Waals surface area contributed by atoms with Crippen molar-refractivity contribution in [3.05, 3.63) is 82.6 Å². The molecule has 1 unspecified atom stereocenters. The van der Waals surface area contributed by atoms with Gasteiger partial charge < -0.3 is 28.1 Å². The number of rotatable bonds is 19. The number of carboxylic acid groups (broad SMARTS) is 1. The Morgan fingerprint density at radius 1 is 0.864 bits per heavy atom. The van der Waals surface area contributed by atoms with Gasteiger partial charge in [0.05, 0.1) is 37.0 Å². The van der Waals surface area contributed by atoms with Gasteiger partial charge in [0, 0.05) is 71.2 Å². The second-order valence-electron chi connectivity index (χ2n) is 15.6. The average molecular weight is 901 g/mol. The second kappa shape index (κ2) is 18.3. The van der Waals surface area contributed by atoms with Crippen LogP contribution in [0.25, 0.3) is 17.4 Å². The predicted molar refractivity (Wildman–Crippen MR) is 216 cm³/mol. The van der Waals surface area contributed by atoms with E-state index in [0.717, 1.165) is 6.07 Å². The summed E-state index contributed by atoms with van der Waals surface area (Å²) in [6.07, 6.45) is 5.20. The summed E-state index contributed by atoms with van der Waals surface area (Å²) in [6, 6.07) is 10.8. The summed E-state index contributed by atoms with van der Waals surface area (Å²) in [5.41, 5.74) is 1.10. The van der Waals surface area contributed by atoms with Crippen molar-refractivity contribution in [1.29, 1.82) is 0 Å². The first kappa shape index (κ1) is 47.7. The van der Waals surface area contributed by atoms with Crippen LogP contribution in [0.5, 0.6) is 0 Å². The minimum atomic E-state index is -4.90. The van der Waals surface area contributed by atoms with Crippen molar-refractivity contribution < 1.29 is 66.2 Å². The highest BCUT2D eigenvalue weighted by atomic mass is 32.2. The van der Waals surface area contributed by atoms with Crippen molar-refractivity contribution in [3.8, 4) is 11.3 Å². The summed E-state index contributed by atoms with van der Waals surface area (Å²) >= 11 is 0. The van der Waals surface area contributed by atoms with Gasteiger partial charge in [-0.15, -0.1) is 0 Å². The van der Waals surface area contributed by atoms with Crippen molar-refractivity contribution in [3.63, 3.8) is 0 Å². The summed E-state index contributed by atoms with van der Waals surface area (Å²) in [4.78, 5) is 12.8. The molecular formula is C38H48N2O15S4-2. The van der Waals surface area contributed by atoms with Crippen molar-refractivity contribution >= 4 is 58.2 Å². The highest BCUT2D eigenvalue weighted by Gasteiger charge is 2.43. The van der Waals surface area contributed by atoms with Crippen LogP contribution in [0.3, 0.4) is 0 Å². The molecule has 0 spiro atoms. The fourth-order valence-electron chi connectivity index (χ4n) is 7.07. The van der Waals surface area contributed by atoms with E-state index < -0.39 is 79.4 Å². The van der Waals surface area contributed by atoms with Crippen LogP contribution >= 0.6 is 0 Å². The normalized spacial score (nSPS) is 17.9. The van der Waals surface area contributed by atoms with E-state index in [2.05, 4.69) is 0 Å². The molecule has 1 aliphatic carbocycles. The van der Waals surface area contributed by atoms with Gasteiger partial charge in [0.2, 0.25) is 5.36 Å². The molecule has 59 heavy (non-hydrogen) atoms. The van der Waals surface area contributed by atoms with Crippen LogP contribution in [0.2, 0.25) is 0 Å². The molecule has 0 aromatic heterocycles. The molecule has 4 rings (SSSR count). The summed E-state index contributed by atoms with van der Waals surface area (Å²) in [6.45, 7) is 7.73. The summed E-state index contributed by atoms with van der Waals surface area (Å²) in [5.74, 6) is -1.97. The standard InChI is InChI=1S/C38H50N2O15S4/c1-37(2,3)35-24-27(30-15-13-28(25-33(30)55-35)39(18-7-21-56(43,44)45)19-8-22-57(46,47)48)10-5-11-34-38(4,17-6-12-36(41)42)31-26-29(59(52,53)54)14-16-32(31)40(34)20-9-23-58(49,50)51/h5,10-11,13-16,24-26H,6-9,12,17-23H2,1-4H3,(H4-,41,42,43,44,45,46,47,48,49,50,51,52,53,54)/p-2. The van der Waals surface area contributed by atoms with E-state index in [4.69, 9.17) is 4.42 Å². The van der Waals surface area contributed by atoms with Gasteiger partial charge in [-0.3, -0.25) is 9.35 Å². The number of carbonyl (C=O) groups is 1. The molecule has 17 nitrogen and oxygen atoms in total. The van der Waals surface area contributed by atoms with Gasteiger partial charge in [-0.05, 0) is 73.7 Å². The van der Waals surface area contributed by atoms with Crippen LogP contribution in [-0.2, 0) is 56.1 Å². The lowest BCUT2D eigenvalue weighted by atomic mass is 9.77. The Morgan fingerprint density at radius 2 is 1.49 bits per heavy atom. The zero-order valence-electron chi connectivity index (χ0n) is 33.0. The van der Waals surface area contributed by atoms with Crippen molar-refractivity contribution in [2.75, 3.05) is 41.8 Å². The van der Waals surface area contributed by atoms with E-state index >= 15 is 0 Å². The van der Waals surface area contributed by atoms with Gasteiger partial charge in [0.25, 0.3) is 10.1 Å². The molecule has 0 bridgehead atoms. The first-order valence-corrected chi connectivity index (χ1v) is 24.7. The minimum absolute atomic E-state index is 0.000344. The summed E-state index contributed by atoms with van der Waals surface area (Å²) in [7, 11) is -18.3. The number of fused-ring (bicyclic) bond motifs is 2. The van der Waals surface area contributed by atoms with E-state index in [-0.39, 0.29) is 58.2 Å². The molecule has 326 valence electrons. The highest BCUT2D eigenvalue weighted by Crippen LogP contribution is 2.51. The number of benzene rings is 2. The molecule has 2 aliphatic heterocycles. The Morgan fingerprint density at radius 3 is 2.07 bits per heavy atom. The highest BCUT2D eigenvalue weighted by molar-refractivity contribution is 7.86. The number of allylic oxidation sites excluding steroid dienone is 3. The van der Waals surface area contributed by atoms with E-state index in [1.54, 1.807) is 52.8 Å². The Labute approximate surface area is 345 Å². The summed E-state index contributed by atoms with van der Waals surface area (Å²) in [5, 5.41) is 9.95. The third-order valence-corrected chi connectivity index (χ3v) is 13.1. The Balaban J connectivity index is 1.90. The lowest BCUT2D eigenvalue weighted by molar-refractivity contribution is -0.137. The minimum Gasteiger partial charge on any atom is -0.748 e. The Kier molecular flexibility index (Phi) is 14.8. The molecule has 0 saturated heterocycles. The molecule has 0 fully saturated rings. The lowest BCUT2D eigenvalue weighted by Gasteiger charge is -2.30. The van der Waals surface area contributed by atoms with Crippen molar-refractivity contribution in [1.82, 2.24) is 4.58 Å². The molecule has 2 N–H and O–H groups in total. The molecule has 21 heteroatoms. The van der Waals surface area contributed by atoms with Crippen LogP contribution < -0.4 is 14.8 Å². The second-order valence-corrected chi connectivity index (χ2v) is 21.6. The van der Waals surface area contributed by atoms with E-state index in [1.807, 2.05) is 26.8 Å². The first-order chi connectivity index (χ1) is 27.1. The van der Waals surface area contributed by atoms with Gasteiger partial charge in [0.15, 0.2) is 0 Å².